The first-order valence-electron chi connectivity index (χ1n) is 7.92. The van der Waals surface area contributed by atoms with E-state index in [4.69, 9.17) is 16.3 Å². The molecule has 1 N–H and O–H groups in total. The van der Waals surface area contributed by atoms with Crippen LogP contribution in [0.5, 0.6) is 0 Å². The van der Waals surface area contributed by atoms with Gasteiger partial charge in [-0.25, -0.2) is 0 Å². The van der Waals surface area contributed by atoms with Crippen molar-refractivity contribution in [3.05, 3.63) is 76.8 Å². The quantitative estimate of drug-likeness (QED) is 0.756. The minimum atomic E-state index is -0.533. The first kappa shape index (κ1) is 18.2. The zero-order chi connectivity index (χ0) is 17.4. The summed E-state index contributed by atoms with van der Waals surface area (Å²) in [5.74, 6) is -0.180. The minimum Gasteiger partial charge on any atom is -0.372 e. The smallest absolute Gasteiger partial charge is 0.244 e. The van der Waals surface area contributed by atoms with E-state index in [-0.39, 0.29) is 5.91 Å². The third-order valence-electron chi connectivity index (χ3n) is 4.13. The summed E-state index contributed by atoms with van der Waals surface area (Å²) in [6.45, 7) is 2.44. The number of carbonyl (C=O) groups is 1. The number of ether oxygens (including phenoxy) is 1. The molecule has 126 valence electrons. The van der Waals surface area contributed by atoms with Crippen molar-refractivity contribution >= 4 is 23.6 Å². The Hall–Kier alpha value is -2.10. The summed E-state index contributed by atoms with van der Waals surface area (Å²) in [4.78, 5) is 12.1. The Labute approximate surface area is 148 Å². The summed E-state index contributed by atoms with van der Waals surface area (Å²) in [7, 11) is 1.67. The van der Waals surface area contributed by atoms with Crippen molar-refractivity contribution in [2.24, 2.45) is 0 Å². The van der Waals surface area contributed by atoms with E-state index in [0.717, 1.165) is 17.5 Å². The Morgan fingerprint density at radius 1 is 1.17 bits per heavy atom. The predicted octanol–water partition coefficient (Wildman–Crippen LogP) is 4.42. The molecule has 0 saturated carbocycles. The number of carbonyl (C=O) groups excluding carboxylic acids is 1. The van der Waals surface area contributed by atoms with Gasteiger partial charge in [-0.05, 0) is 29.7 Å². The number of nitrogens with one attached hydrogen (secondary N) is 1. The maximum Gasteiger partial charge on any atom is 0.244 e. The normalized spacial score (nSPS) is 13.6. The highest BCUT2D eigenvalue weighted by Crippen LogP contribution is 2.28. The van der Waals surface area contributed by atoms with Crippen molar-refractivity contribution in [1.29, 1.82) is 0 Å². The SMILES string of the molecule is CCC(CNC(=O)/C=C/c1ccccc1Cl)(OC)c1ccccc1. The third-order valence-corrected chi connectivity index (χ3v) is 4.47. The molecule has 24 heavy (non-hydrogen) atoms. The molecule has 4 heteroatoms. The van der Waals surface area contributed by atoms with Crippen LogP contribution in [0, 0.1) is 0 Å². The molecule has 0 aromatic heterocycles. The fourth-order valence-electron chi connectivity index (χ4n) is 2.57. The molecule has 0 fully saturated rings. The Kier molecular flexibility index (Phi) is 6.59. The number of amides is 1. The molecule has 1 atom stereocenters. The molecule has 0 heterocycles. The third kappa shape index (κ3) is 4.47. The number of benzene rings is 2. The van der Waals surface area contributed by atoms with E-state index in [1.807, 2.05) is 55.5 Å². The summed E-state index contributed by atoms with van der Waals surface area (Å²) in [5, 5.41) is 3.54. The molecule has 0 aliphatic rings. The Morgan fingerprint density at radius 3 is 2.46 bits per heavy atom. The molecule has 1 unspecified atom stereocenters. The lowest BCUT2D eigenvalue weighted by Gasteiger charge is -2.32. The summed E-state index contributed by atoms with van der Waals surface area (Å²) in [5.41, 5.74) is 1.33. The topological polar surface area (TPSA) is 38.3 Å². The van der Waals surface area contributed by atoms with Gasteiger partial charge in [0.2, 0.25) is 5.91 Å². The van der Waals surface area contributed by atoms with Crippen molar-refractivity contribution < 1.29 is 9.53 Å². The Bertz CT molecular complexity index is 694. The molecule has 0 radical (unpaired) electrons. The van der Waals surface area contributed by atoms with Crippen LogP contribution in [0.3, 0.4) is 0 Å². The molecular weight excluding hydrogens is 322 g/mol. The number of halogens is 1. The number of methoxy groups -OCH3 is 1. The maximum absolute atomic E-state index is 12.1. The van der Waals surface area contributed by atoms with Gasteiger partial charge < -0.3 is 10.1 Å². The molecule has 2 aromatic rings. The van der Waals surface area contributed by atoms with E-state index in [9.17, 15) is 4.79 Å². The second kappa shape index (κ2) is 8.67. The first-order valence-corrected chi connectivity index (χ1v) is 8.30. The van der Waals surface area contributed by atoms with Crippen LogP contribution in [0.2, 0.25) is 5.02 Å². The lowest BCUT2D eigenvalue weighted by molar-refractivity contribution is -0.118. The van der Waals surface area contributed by atoms with Gasteiger partial charge in [0.15, 0.2) is 0 Å². The minimum absolute atomic E-state index is 0.180. The highest BCUT2D eigenvalue weighted by Gasteiger charge is 2.30. The fourth-order valence-corrected chi connectivity index (χ4v) is 2.77. The highest BCUT2D eigenvalue weighted by molar-refractivity contribution is 6.32. The van der Waals surface area contributed by atoms with E-state index in [1.54, 1.807) is 19.3 Å². The van der Waals surface area contributed by atoms with Crippen LogP contribution in [0.15, 0.2) is 60.7 Å². The lowest BCUT2D eigenvalue weighted by atomic mass is 9.90. The highest BCUT2D eigenvalue weighted by atomic mass is 35.5. The molecule has 2 aromatic carbocycles. The summed E-state index contributed by atoms with van der Waals surface area (Å²) < 4.78 is 5.75. The molecule has 1 amide bonds. The first-order chi connectivity index (χ1) is 11.6. The molecule has 3 nitrogen and oxygen atoms in total. The summed E-state index contributed by atoms with van der Waals surface area (Å²) in [6, 6.07) is 17.3. The van der Waals surface area contributed by atoms with Gasteiger partial charge >= 0.3 is 0 Å². The Balaban J connectivity index is 2.04. The van der Waals surface area contributed by atoms with Crippen molar-refractivity contribution in [2.75, 3.05) is 13.7 Å². The van der Waals surface area contributed by atoms with Crippen molar-refractivity contribution in [3.8, 4) is 0 Å². The van der Waals surface area contributed by atoms with Crippen LogP contribution in [0.4, 0.5) is 0 Å². The van der Waals surface area contributed by atoms with E-state index in [2.05, 4.69) is 5.32 Å². The Morgan fingerprint density at radius 2 is 1.83 bits per heavy atom. The average Bonchev–Trinajstić information content (AvgIpc) is 2.63. The standard InChI is InChI=1S/C20H22ClNO2/c1-3-20(24-2,17-10-5-4-6-11-17)15-22-19(23)14-13-16-9-7-8-12-18(16)21/h4-14H,3,15H2,1-2H3,(H,22,23)/b14-13+. The predicted molar refractivity (Wildman–Crippen MR) is 98.9 cm³/mol. The molecular formula is C20H22ClNO2. The van der Waals surface area contributed by atoms with Crippen LogP contribution in [0.1, 0.15) is 24.5 Å². The van der Waals surface area contributed by atoms with E-state index in [1.165, 1.54) is 6.08 Å². The second-order valence-electron chi connectivity index (χ2n) is 5.49. The zero-order valence-corrected chi connectivity index (χ0v) is 14.7. The largest absolute Gasteiger partial charge is 0.372 e. The van der Waals surface area contributed by atoms with E-state index in [0.29, 0.717) is 11.6 Å². The number of hydrogen-bond donors (Lipinski definition) is 1. The van der Waals surface area contributed by atoms with Crippen LogP contribution in [-0.4, -0.2) is 19.6 Å². The van der Waals surface area contributed by atoms with Gasteiger partial charge in [0.05, 0.1) is 6.54 Å². The monoisotopic (exact) mass is 343 g/mol. The van der Waals surface area contributed by atoms with Crippen LogP contribution in [0.25, 0.3) is 6.08 Å². The number of hydrogen-bond acceptors (Lipinski definition) is 2. The van der Waals surface area contributed by atoms with Crippen LogP contribution in [-0.2, 0) is 15.1 Å². The number of rotatable bonds is 7. The molecule has 0 spiro atoms. The van der Waals surface area contributed by atoms with Crippen molar-refractivity contribution in [2.45, 2.75) is 18.9 Å². The van der Waals surface area contributed by atoms with Crippen molar-refractivity contribution in [3.63, 3.8) is 0 Å². The van der Waals surface area contributed by atoms with Gasteiger partial charge in [-0.1, -0.05) is 67.1 Å². The van der Waals surface area contributed by atoms with Gasteiger partial charge in [0, 0.05) is 18.2 Å². The van der Waals surface area contributed by atoms with Crippen LogP contribution >= 0.6 is 11.6 Å². The van der Waals surface area contributed by atoms with Gasteiger partial charge in [-0.15, -0.1) is 0 Å². The second-order valence-corrected chi connectivity index (χ2v) is 5.90. The van der Waals surface area contributed by atoms with E-state index < -0.39 is 5.60 Å². The van der Waals surface area contributed by atoms with Gasteiger partial charge in [-0.3, -0.25) is 4.79 Å². The molecule has 0 bridgehead atoms. The van der Waals surface area contributed by atoms with E-state index >= 15 is 0 Å². The molecule has 2 rings (SSSR count). The lowest BCUT2D eigenvalue weighted by Crippen LogP contribution is -2.41. The van der Waals surface area contributed by atoms with Crippen LogP contribution < -0.4 is 5.32 Å². The molecule has 0 saturated heterocycles. The van der Waals surface area contributed by atoms with Gasteiger partial charge in [-0.2, -0.15) is 0 Å². The zero-order valence-electron chi connectivity index (χ0n) is 14.0. The van der Waals surface area contributed by atoms with Gasteiger partial charge in [0.1, 0.15) is 5.60 Å². The molecule has 0 aliphatic heterocycles. The fraction of sp³-hybridized carbons (Fsp3) is 0.250. The maximum atomic E-state index is 12.1. The summed E-state index contributed by atoms with van der Waals surface area (Å²) in [6.07, 6.45) is 3.95. The average molecular weight is 344 g/mol. The molecule has 0 aliphatic carbocycles. The van der Waals surface area contributed by atoms with Crippen molar-refractivity contribution in [1.82, 2.24) is 5.32 Å². The van der Waals surface area contributed by atoms with Gasteiger partial charge in [0.25, 0.3) is 0 Å². The summed E-state index contributed by atoms with van der Waals surface area (Å²) >= 11 is 6.08.